The summed E-state index contributed by atoms with van der Waals surface area (Å²) in [6.07, 6.45) is 5.14. The van der Waals surface area contributed by atoms with Gasteiger partial charge in [0.1, 0.15) is 17.5 Å². The van der Waals surface area contributed by atoms with Gasteiger partial charge in [0.2, 0.25) is 5.91 Å². The molecule has 1 aliphatic rings. The standard InChI is InChI=1S/C31H32ClN5O4/c1-40-22-11-7-20(8-12-22)16-27(30(33)38)37-31(39)24-4-2-3-23-25(13-14-41-29(23)24)36-26(28-17-34-18-35-28)15-19-5-9-21(32)10-6-19/h2-12,17-18,25-27,36H,13-16H2,1H3,(H2,33,38)(H,34,35)(H,37,39)/t25?,26?,27-/m0/s1. The van der Waals surface area contributed by atoms with Crippen LogP contribution >= 0.6 is 11.6 Å². The molecule has 0 fully saturated rings. The summed E-state index contributed by atoms with van der Waals surface area (Å²) >= 11 is 6.09. The number of primary amides is 1. The van der Waals surface area contributed by atoms with E-state index in [0.29, 0.717) is 41.5 Å². The lowest BCUT2D eigenvalue weighted by Crippen LogP contribution is -2.46. The van der Waals surface area contributed by atoms with Crippen molar-refractivity contribution in [3.8, 4) is 11.5 Å². The molecule has 2 heterocycles. The summed E-state index contributed by atoms with van der Waals surface area (Å²) in [6, 6.07) is 19.5. The van der Waals surface area contributed by atoms with Crippen LogP contribution in [0, 0.1) is 0 Å². The van der Waals surface area contributed by atoms with E-state index < -0.39 is 17.9 Å². The number of benzene rings is 3. The van der Waals surface area contributed by atoms with Crippen LogP contribution in [0.2, 0.25) is 5.02 Å². The van der Waals surface area contributed by atoms with Crippen LogP contribution in [0.15, 0.2) is 79.3 Å². The van der Waals surface area contributed by atoms with E-state index in [1.165, 1.54) is 0 Å². The number of rotatable bonds is 11. The first-order valence-corrected chi connectivity index (χ1v) is 13.8. The Morgan fingerprint density at radius 1 is 1.10 bits per heavy atom. The summed E-state index contributed by atoms with van der Waals surface area (Å²) in [5.74, 6) is 0.152. The molecule has 2 unspecified atom stereocenters. The van der Waals surface area contributed by atoms with Crippen LogP contribution < -0.4 is 25.8 Å². The van der Waals surface area contributed by atoms with Gasteiger partial charge in [0.05, 0.1) is 37.3 Å². The number of nitrogens with two attached hydrogens (primary N) is 1. The molecule has 1 aliphatic heterocycles. The van der Waals surface area contributed by atoms with Crippen molar-refractivity contribution in [2.24, 2.45) is 5.73 Å². The molecular formula is C31H32ClN5O4. The van der Waals surface area contributed by atoms with Crippen LogP contribution in [0.1, 0.15) is 51.2 Å². The number of aromatic nitrogens is 2. The maximum atomic E-state index is 13.4. The van der Waals surface area contributed by atoms with Gasteiger partial charge in [-0.25, -0.2) is 4.98 Å². The third-order valence-corrected chi connectivity index (χ3v) is 7.47. The van der Waals surface area contributed by atoms with Crippen molar-refractivity contribution in [2.75, 3.05) is 13.7 Å². The van der Waals surface area contributed by atoms with Gasteiger partial charge in [0.25, 0.3) is 5.91 Å². The number of para-hydroxylation sites is 1. The van der Waals surface area contributed by atoms with E-state index in [9.17, 15) is 9.59 Å². The smallest absolute Gasteiger partial charge is 0.255 e. The molecule has 0 radical (unpaired) electrons. The number of aromatic amines is 1. The summed E-state index contributed by atoms with van der Waals surface area (Å²) in [5, 5.41) is 7.24. The molecule has 5 rings (SSSR count). The van der Waals surface area contributed by atoms with Crippen LogP contribution in [0.5, 0.6) is 11.5 Å². The van der Waals surface area contributed by atoms with E-state index >= 15 is 0 Å². The highest BCUT2D eigenvalue weighted by Crippen LogP contribution is 2.37. The van der Waals surface area contributed by atoms with Crippen LogP contribution in [0.3, 0.4) is 0 Å². The van der Waals surface area contributed by atoms with Gasteiger partial charge in [0, 0.05) is 35.7 Å². The minimum Gasteiger partial charge on any atom is -0.497 e. The van der Waals surface area contributed by atoms with Gasteiger partial charge in [-0.05, 0) is 47.9 Å². The van der Waals surface area contributed by atoms with Gasteiger partial charge in [-0.15, -0.1) is 0 Å². The largest absolute Gasteiger partial charge is 0.497 e. The van der Waals surface area contributed by atoms with Gasteiger partial charge in [-0.1, -0.05) is 48.0 Å². The molecule has 1 aromatic heterocycles. The Hall–Kier alpha value is -4.34. The Bertz CT molecular complexity index is 1480. The fourth-order valence-corrected chi connectivity index (χ4v) is 5.17. The van der Waals surface area contributed by atoms with E-state index in [1.807, 2.05) is 54.7 Å². The van der Waals surface area contributed by atoms with Crippen molar-refractivity contribution < 1.29 is 19.1 Å². The van der Waals surface area contributed by atoms with Crippen LogP contribution in [-0.2, 0) is 17.6 Å². The van der Waals surface area contributed by atoms with E-state index in [4.69, 9.17) is 26.8 Å². The number of methoxy groups -OCH3 is 1. The highest BCUT2D eigenvalue weighted by Gasteiger charge is 2.30. The molecular weight excluding hydrogens is 542 g/mol. The fourth-order valence-electron chi connectivity index (χ4n) is 5.05. The number of halogens is 1. The van der Waals surface area contributed by atoms with Crippen molar-refractivity contribution in [1.29, 1.82) is 0 Å². The summed E-state index contributed by atoms with van der Waals surface area (Å²) < 4.78 is 11.2. The lowest BCUT2D eigenvalue weighted by molar-refractivity contribution is -0.119. The predicted molar refractivity (Wildman–Crippen MR) is 156 cm³/mol. The molecule has 9 nitrogen and oxygen atoms in total. The van der Waals surface area contributed by atoms with Crippen molar-refractivity contribution >= 4 is 23.4 Å². The Kier molecular flexibility index (Phi) is 8.86. The zero-order valence-corrected chi connectivity index (χ0v) is 23.4. The zero-order chi connectivity index (χ0) is 28.8. The van der Waals surface area contributed by atoms with Crippen molar-refractivity contribution in [3.63, 3.8) is 0 Å². The highest BCUT2D eigenvalue weighted by atomic mass is 35.5. The number of imidazole rings is 1. The Morgan fingerprint density at radius 2 is 1.83 bits per heavy atom. The van der Waals surface area contributed by atoms with E-state index in [-0.39, 0.29) is 18.5 Å². The van der Waals surface area contributed by atoms with Gasteiger partial charge in [-0.2, -0.15) is 0 Å². The maximum absolute atomic E-state index is 13.4. The number of hydrogen-bond donors (Lipinski definition) is 4. The lowest BCUT2D eigenvalue weighted by atomic mass is 9.94. The van der Waals surface area contributed by atoms with Crippen molar-refractivity contribution in [3.05, 3.63) is 112 Å². The summed E-state index contributed by atoms with van der Waals surface area (Å²) in [7, 11) is 1.58. The summed E-state index contributed by atoms with van der Waals surface area (Å²) in [4.78, 5) is 33.1. The number of carbonyl (C=O) groups is 2. The van der Waals surface area contributed by atoms with Crippen LogP contribution in [0.4, 0.5) is 0 Å². The average molecular weight is 574 g/mol. The maximum Gasteiger partial charge on any atom is 0.255 e. The fraction of sp³-hybridized carbons (Fsp3) is 0.258. The number of ether oxygens (including phenoxy) is 2. The number of nitrogens with zero attached hydrogens (tertiary/aromatic N) is 1. The zero-order valence-electron chi connectivity index (χ0n) is 22.6. The molecule has 41 heavy (non-hydrogen) atoms. The highest BCUT2D eigenvalue weighted by molar-refractivity contribution is 6.30. The second-order valence-electron chi connectivity index (χ2n) is 9.95. The third-order valence-electron chi connectivity index (χ3n) is 7.22. The van der Waals surface area contributed by atoms with E-state index in [2.05, 4.69) is 20.6 Å². The topological polar surface area (TPSA) is 131 Å². The monoisotopic (exact) mass is 573 g/mol. The van der Waals surface area contributed by atoms with Gasteiger partial charge in [0.15, 0.2) is 0 Å². The van der Waals surface area contributed by atoms with Gasteiger partial charge >= 0.3 is 0 Å². The quantitative estimate of drug-likeness (QED) is 0.212. The predicted octanol–water partition coefficient (Wildman–Crippen LogP) is 4.30. The molecule has 10 heteroatoms. The Balaban J connectivity index is 1.35. The first-order chi connectivity index (χ1) is 19.9. The number of carbonyl (C=O) groups excluding carboxylic acids is 2. The number of amides is 2. The number of fused-ring (bicyclic) bond motifs is 1. The average Bonchev–Trinajstić information content (AvgIpc) is 3.53. The molecule has 0 saturated carbocycles. The van der Waals surface area contributed by atoms with E-state index in [1.54, 1.807) is 31.6 Å². The van der Waals surface area contributed by atoms with Crippen molar-refractivity contribution in [2.45, 2.75) is 37.4 Å². The Labute approximate surface area is 243 Å². The summed E-state index contributed by atoms with van der Waals surface area (Å²) in [5.41, 5.74) is 9.80. The minimum absolute atomic E-state index is 0.0733. The molecule has 0 saturated heterocycles. The normalized spacial score (nSPS) is 15.7. The van der Waals surface area contributed by atoms with Crippen molar-refractivity contribution in [1.82, 2.24) is 20.6 Å². The molecule has 4 aromatic rings. The first kappa shape index (κ1) is 28.2. The van der Waals surface area contributed by atoms with Gasteiger partial charge in [-0.3, -0.25) is 9.59 Å². The molecule has 0 aliphatic carbocycles. The van der Waals surface area contributed by atoms with Gasteiger partial charge < -0.3 is 30.8 Å². The molecule has 0 bridgehead atoms. The minimum atomic E-state index is -0.895. The molecule has 3 aromatic carbocycles. The van der Waals surface area contributed by atoms with E-state index in [0.717, 1.165) is 22.4 Å². The Morgan fingerprint density at radius 3 is 2.51 bits per heavy atom. The second kappa shape index (κ2) is 12.9. The summed E-state index contributed by atoms with van der Waals surface area (Å²) in [6.45, 7) is 0.427. The number of hydrogen-bond acceptors (Lipinski definition) is 6. The first-order valence-electron chi connectivity index (χ1n) is 13.4. The molecule has 3 atom stereocenters. The lowest BCUT2D eigenvalue weighted by Gasteiger charge is -2.31. The van der Waals surface area contributed by atoms with Crippen LogP contribution in [-0.4, -0.2) is 41.5 Å². The van der Waals surface area contributed by atoms with Crippen LogP contribution in [0.25, 0.3) is 0 Å². The molecule has 212 valence electrons. The molecule has 2 amide bonds. The number of nitrogens with one attached hydrogen (secondary N) is 3. The molecule has 0 spiro atoms. The third kappa shape index (κ3) is 6.87. The SMILES string of the molecule is COc1ccc(C[C@H](NC(=O)c2cccc3c2OCCC3NC(Cc2ccc(Cl)cc2)c2cnc[nH]2)C(N)=O)cc1. The molecule has 5 N–H and O–H groups in total. The number of H-pyrrole nitrogens is 1. The second-order valence-corrected chi connectivity index (χ2v) is 10.4.